The van der Waals surface area contributed by atoms with Gasteiger partial charge in [0, 0.05) is 19.8 Å². The Morgan fingerprint density at radius 3 is 2.52 bits per heavy atom. The molecule has 1 atom stereocenters. The molecule has 1 unspecified atom stereocenters. The number of Topliss-reactive ketones (excluding diaryl/α,β-unsaturated/α-hetero) is 1. The molecule has 0 aliphatic heterocycles. The molecule has 0 aromatic heterocycles. The lowest BCUT2D eigenvalue weighted by atomic mass is 10.0. The highest BCUT2D eigenvalue weighted by molar-refractivity contribution is 5.79. The van der Waals surface area contributed by atoms with Crippen molar-refractivity contribution in [3.05, 3.63) is 17.7 Å². The van der Waals surface area contributed by atoms with Gasteiger partial charge in [-0.15, -0.1) is 0 Å². The summed E-state index contributed by atoms with van der Waals surface area (Å²) in [5.41, 5.74) is 0.690. The molecular weight excluding hydrogens is 324 g/mol. The first-order valence-electron chi connectivity index (χ1n) is 8.65. The first-order chi connectivity index (χ1) is 11.9. The molecule has 0 spiro atoms. The van der Waals surface area contributed by atoms with E-state index >= 15 is 0 Å². The Hall–Kier alpha value is -2.24. The topological polar surface area (TPSA) is 93.1 Å². The molecule has 0 amide bonds. The van der Waals surface area contributed by atoms with Gasteiger partial charge < -0.3 is 19.7 Å². The maximum absolute atomic E-state index is 12.2. The number of phenols is 2. The Morgan fingerprint density at radius 1 is 1.20 bits per heavy atom. The van der Waals surface area contributed by atoms with Crippen LogP contribution in [0.25, 0.3) is 0 Å². The van der Waals surface area contributed by atoms with E-state index in [1.165, 1.54) is 20.1 Å². The van der Waals surface area contributed by atoms with Crippen LogP contribution in [0.2, 0.25) is 0 Å². The average molecular weight is 352 g/mol. The Bertz CT molecular complexity index is 582. The summed E-state index contributed by atoms with van der Waals surface area (Å²) in [5.74, 6) is -0.806. The Labute approximate surface area is 148 Å². The van der Waals surface area contributed by atoms with Gasteiger partial charge in [0.25, 0.3) is 0 Å². The summed E-state index contributed by atoms with van der Waals surface area (Å²) in [6.45, 7) is 3.44. The van der Waals surface area contributed by atoms with Crippen molar-refractivity contribution in [2.45, 2.75) is 64.9 Å². The number of ether oxygens (including phenoxy) is 2. The third-order valence-electron chi connectivity index (χ3n) is 3.94. The van der Waals surface area contributed by atoms with Crippen molar-refractivity contribution >= 4 is 11.8 Å². The molecular formula is C19H28O6. The van der Waals surface area contributed by atoms with Crippen molar-refractivity contribution in [2.24, 2.45) is 0 Å². The van der Waals surface area contributed by atoms with Crippen molar-refractivity contribution in [1.29, 1.82) is 0 Å². The largest absolute Gasteiger partial charge is 0.504 e. The number of phenolic OH excluding ortho intramolecular Hbond substituents is 2. The smallest absolute Gasteiger partial charge is 0.302 e. The van der Waals surface area contributed by atoms with Crippen LogP contribution >= 0.6 is 0 Å². The Morgan fingerprint density at radius 2 is 1.92 bits per heavy atom. The van der Waals surface area contributed by atoms with E-state index in [0.29, 0.717) is 18.4 Å². The van der Waals surface area contributed by atoms with Gasteiger partial charge in [-0.1, -0.05) is 19.8 Å². The molecule has 0 saturated heterocycles. The fourth-order valence-corrected chi connectivity index (χ4v) is 2.65. The summed E-state index contributed by atoms with van der Waals surface area (Å²) in [7, 11) is 1.39. The predicted octanol–water partition coefficient (Wildman–Crippen LogP) is 3.51. The molecule has 0 bridgehead atoms. The maximum Gasteiger partial charge on any atom is 0.302 e. The summed E-state index contributed by atoms with van der Waals surface area (Å²) < 4.78 is 10.2. The van der Waals surface area contributed by atoms with Gasteiger partial charge in [0.1, 0.15) is 11.9 Å². The summed E-state index contributed by atoms with van der Waals surface area (Å²) in [4.78, 5) is 23.4. The molecule has 0 heterocycles. The van der Waals surface area contributed by atoms with Crippen LogP contribution in [-0.4, -0.2) is 35.2 Å². The van der Waals surface area contributed by atoms with E-state index < -0.39 is 0 Å². The zero-order chi connectivity index (χ0) is 18.8. The minimum absolute atomic E-state index is 0.00530. The van der Waals surface area contributed by atoms with E-state index in [9.17, 15) is 19.8 Å². The molecule has 1 aromatic carbocycles. The van der Waals surface area contributed by atoms with Gasteiger partial charge >= 0.3 is 5.97 Å². The van der Waals surface area contributed by atoms with Crippen molar-refractivity contribution in [3.8, 4) is 17.2 Å². The molecule has 140 valence electrons. The van der Waals surface area contributed by atoms with Gasteiger partial charge in [-0.3, -0.25) is 9.59 Å². The zero-order valence-electron chi connectivity index (χ0n) is 15.2. The van der Waals surface area contributed by atoms with E-state index in [1.807, 2.05) is 0 Å². The second-order valence-corrected chi connectivity index (χ2v) is 6.14. The number of hydrogen-bond donors (Lipinski definition) is 2. The zero-order valence-corrected chi connectivity index (χ0v) is 15.2. The summed E-state index contributed by atoms with van der Waals surface area (Å²) >= 11 is 0. The molecule has 1 rings (SSSR count). The minimum Gasteiger partial charge on any atom is -0.504 e. The number of aryl methyl sites for hydroxylation is 1. The molecule has 0 aliphatic rings. The van der Waals surface area contributed by atoms with Crippen molar-refractivity contribution in [1.82, 2.24) is 0 Å². The molecule has 2 N–H and O–H groups in total. The number of rotatable bonds is 11. The number of hydrogen-bond acceptors (Lipinski definition) is 6. The van der Waals surface area contributed by atoms with Gasteiger partial charge in [0.15, 0.2) is 11.5 Å². The third kappa shape index (κ3) is 7.45. The van der Waals surface area contributed by atoms with Crippen LogP contribution in [0, 0.1) is 0 Å². The maximum atomic E-state index is 12.2. The van der Waals surface area contributed by atoms with Crippen LogP contribution in [0.5, 0.6) is 17.2 Å². The summed E-state index contributed by atoms with van der Waals surface area (Å²) in [6, 6.07) is 3.00. The van der Waals surface area contributed by atoms with Crippen LogP contribution in [0.3, 0.4) is 0 Å². The summed E-state index contributed by atoms with van der Waals surface area (Å²) in [6.07, 6.45) is 4.21. The number of carbonyl (C=O) groups is 2. The van der Waals surface area contributed by atoms with Crippen LogP contribution < -0.4 is 4.74 Å². The van der Waals surface area contributed by atoms with E-state index in [0.717, 1.165) is 19.3 Å². The van der Waals surface area contributed by atoms with Crippen molar-refractivity contribution < 1.29 is 29.3 Å². The predicted molar refractivity (Wildman–Crippen MR) is 94.0 cm³/mol. The highest BCUT2D eigenvalue weighted by atomic mass is 16.5. The fourth-order valence-electron chi connectivity index (χ4n) is 2.65. The number of carbonyl (C=O) groups excluding carboxylic acids is 2. The lowest BCUT2D eigenvalue weighted by Gasteiger charge is -2.16. The Kier molecular flexibility index (Phi) is 8.81. The quantitative estimate of drug-likeness (QED) is 0.360. The molecule has 6 heteroatoms. The van der Waals surface area contributed by atoms with Crippen molar-refractivity contribution in [3.63, 3.8) is 0 Å². The van der Waals surface area contributed by atoms with Crippen LogP contribution in [0.15, 0.2) is 12.1 Å². The van der Waals surface area contributed by atoms with E-state index in [1.54, 1.807) is 6.07 Å². The number of benzene rings is 1. The summed E-state index contributed by atoms with van der Waals surface area (Å²) in [5, 5.41) is 19.3. The Balaban J connectivity index is 2.59. The van der Waals surface area contributed by atoms with Gasteiger partial charge in [-0.05, 0) is 37.0 Å². The van der Waals surface area contributed by atoms with E-state index in [-0.39, 0.29) is 47.9 Å². The fraction of sp³-hybridized carbons (Fsp3) is 0.579. The normalized spacial score (nSPS) is 11.8. The number of unbranched alkanes of at least 4 members (excludes halogenated alkanes) is 2. The number of methoxy groups -OCH3 is 1. The molecule has 0 aliphatic carbocycles. The molecule has 6 nitrogen and oxygen atoms in total. The average Bonchev–Trinajstić information content (AvgIpc) is 2.55. The molecule has 25 heavy (non-hydrogen) atoms. The number of esters is 1. The van der Waals surface area contributed by atoms with Gasteiger partial charge in [0.2, 0.25) is 5.75 Å². The molecule has 1 aromatic rings. The SMILES string of the molecule is CCCCCC(CC(=O)CCc1cc(O)c(O)c(OC)c1)OC(C)=O. The van der Waals surface area contributed by atoms with Crippen LogP contribution in [-0.2, 0) is 20.7 Å². The minimum atomic E-state index is -0.376. The molecule has 0 saturated carbocycles. The van der Waals surface area contributed by atoms with Gasteiger partial charge in [0.05, 0.1) is 7.11 Å². The van der Waals surface area contributed by atoms with E-state index in [4.69, 9.17) is 9.47 Å². The number of ketones is 1. The molecule has 0 fully saturated rings. The van der Waals surface area contributed by atoms with Gasteiger partial charge in [-0.25, -0.2) is 0 Å². The highest BCUT2D eigenvalue weighted by Crippen LogP contribution is 2.36. The lowest BCUT2D eigenvalue weighted by molar-refractivity contribution is -0.148. The third-order valence-corrected chi connectivity index (χ3v) is 3.94. The second-order valence-electron chi connectivity index (χ2n) is 6.14. The van der Waals surface area contributed by atoms with E-state index in [2.05, 4.69) is 6.92 Å². The standard InChI is InChI=1S/C19H28O6/c1-4-5-6-7-16(25-13(2)20)12-15(21)9-8-14-10-17(22)19(23)18(11-14)24-3/h10-11,16,22-23H,4-9,12H2,1-3H3. The second kappa shape index (κ2) is 10.6. The first kappa shape index (κ1) is 20.8. The molecule has 0 radical (unpaired) electrons. The van der Waals surface area contributed by atoms with Crippen molar-refractivity contribution in [2.75, 3.05) is 7.11 Å². The monoisotopic (exact) mass is 352 g/mol. The lowest BCUT2D eigenvalue weighted by Crippen LogP contribution is -2.20. The van der Waals surface area contributed by atoms with Crippen LogP contribution in [0.1, 0.15) is 57.9 Å². The number of aromatic hydroxyl groups is 2. The highest BCUT2D eigenvalue weighted by Gasteiger charge is 2.17. The first-order valence-corrected chi connectivity index (χ1v) is 8.65. The van der Waals surface area contributed by atoms with Gasteiger partial charge in [-0.2, -0.15) is 0 Å². The van der Waals surface area contributed by atoms with Crippen LogP contribution in [0.4, 0.5) is 0 Å².